The van der Waals surface area contributed by atoms with Crippen molar-refractivity contribution in [2.45, 2.75) is 11.3 Å². The van der Waals surface area contributed by atoms with E-state index >= 15 is 0 Å². The standard InChI is InChI=1S/C13H17NO6S2/c1-20-13(15)11-3-2-4-12(7-11)22(18,19)14-8-10-5-6-21(16,17)9-10/h2-4,7,10,14H,5-6,8-9H2,1H3/t10-/m0/s1. The van der Waals surface area contributed by atoms with Crippen LogP contribution in [0.5, 0.6) is 0 Å². The zero-order chi connectivity index (χ0) is 16.4. The molecule has 1 atom stereocenters. The number of sulfone groups is 1. The van der Waals surface area contributed by atoms with Crippen molar-refractivity contribution in [1.82, 2.24) is 4.72 Å². The molecular formula is C13H17NO6S2. The Balaban J connectivity index is 2.09. The van der Waals surface area contributed by atoms with E-state index < -0.39 is 25.8 Å². The molecule has 0 amide bonds. The average Bonchev–Trinajstić information content (AvgIpc) is 2.84. The zero-order valence-corrected chi connectivity index (χ0v) is 13.6. The van der Waals surface area contributed by atoms with Gasteiger partial charge in [-0.25, -0.2) is 26.4 Å². The summed E-state index contributed by atoms with van der Waals surface area (Å²) >= 11 is 0. The second-order valence-electron chi connectivity index (χ2n) is 5.14. The van der Waals surface area contributed by atoms with Crippen molar-refractivity contribution in [3.63, 3.8) is 0 Å². The Morgan fingerprint density at radius 3 is 2.73 bits per heavy atom. The number of methoxy groups -OCH3 is 1. The SMILES string of the molecule is COC(=O)c1cccc(S(=O)(=O)NC[C@@H]2CCS(=O)(=O)C2)c1. The predicted octanol–water partition coefficient (Wildman–Crippen LogP) is 0.186. The number of rotatable bonds is 5. The van der Waals surface area contributed by atoms with E-state index in [0.717, 1.165) is 0 Å². The molecule has 7 nitrogen and oxygen atoms in total. The summed E-state index contributed by atoms with van der Waals surface area (Å²) in [7, 11) is -5.64. The van der Waals surface area contributed by atoms with Gasteiger partial charge in [0.05, 0.1) is 29.1 Å². The molecule has 1 aliphatic rings. The molecule has 1 fully saturated rings. The molecule has 22 heavy (non-hydrogen) atoms. The number of hydrogen-bond acceptors (Lipinski definition) is 6. The molecule has 1 heterocycles. The minimum atomic E-state index is -3.80. The topological polar surface area (TPSA) is 107 Å². The highest BCUT2D eigenvalue weighted by molar-refractivity contribution is 7.91. The smallest absolute Gasteiger partial charge is 0.337 e. The van der Waals surface area contributed by atoms with Gasteiger partial charge in [-0.1, -0.05) is 6.07 Å². The lowest BCUT2D eigenvalue weighted by atomic mass is 10.1. The minimum Gasteiger partial charge on any atom is -0.465 e. The first-order valence-corrected chi connectivity index (χ1v) is 9.92. The number of nitrogens with one attached hydrogen (secondary N) is 1. The molecule has 0 bridgehead atoms. The van der Waals surface area contributed by atoms with Crippen LogP contribution >= 0.6 is 0 Å². The highest BCUT2D eigenvalue weighted by Crippen LogP contribution is 2.19. The summed E-state index contributed by atoms with van der Waals surface area (Å²) in [6.45, 7) is 0.0595. The van der Waals surface area contributed by atoms with Gasteiger partial charge in [0, 0.05) is 6.54 Å². The lowest BCUT2D eigenvalue weighted by Crippen LogP contribution is -2.30. The van der Waals surface area contributed by atoms with Gasteiger partial charge in [-0.05, 0) is 30.5 Å². The normalized spacial score (nSPS) is 20.7. The van der Waals surface area contributed by atoms with Crippen LogP contribution in [0.25, 0.3) is 0 Å². The molecule has 1 aromatic carbocycles. The average molecular weight is 347 g/mol. The van der Waals surface area contributed by atoms with Crippen molar-refractivity contribution in [3.05, 3.63) is 29.8 Å². The second-order valence-corrected chi connectivity index (χ2v) is 9.14. The molecule has 0 saturated carbocycles. The summed E-state index contributed by atoms with van der Waals surface area (Å²) < 4.78 is 54.1. The van der Waals surface area contributed by atoms with Gasteiger partial charge in [-0.2, -0.15) is 0 Å². The maximum Gasteiger partial charge on any atom is 0.337 e. The largest absolute Gasteiger partial charge is 0.465 e. The molecule has 1 N–H and O–H groups in total. The molecule has 9 heteroatoms. The maximum atomic E-state index is 12.2. The summed E-state index contributed by atoms with van der Waals surface area (Å²) in [4.78, 5) is 11.4. The van der Waals surface area contributed by atoms with Crippen molar-refractivity contribution in [1.29, 1.82) is 0 Å². The first kappa shape index (κ1) is 16.9. The molecule has 1 aliphatic heterocycles. The van der Waals surface area contributed by atoms with E-state index in [1.165, 1.54) is 31.4 Å². The van der Waals surface area contributed by atoms with E-state index in [0.29, 0.717) is 6.42 Å². The molecule has 122 valence electrons. The molecule has 0 spiro atoms. The Hall–Kier alpha value is -1.45. The summed E-state index contributed by atoms with van der Waals surface area (Å²) in [6.07, 6.45) is 0.451. The fourth-order valence-electron chi connectivity index (χ4n) is 2.25. The number of carbonyl (C=O) groups is 1. The van der Waals surface area contributed by atoms with Crippen LogP contribution in [0, 0.1) is 5.92 Å². The Morgan fingerprint density at radius 2 is 2.14 bits per heavy atom. The number of sulfonamides is 1. The first-order valence-electron chi connectivity index (χ1n) is 6.62. The predicted molar refractivity (Wildman–Crippen MR) is 79.7 cm³/mol. The van der Waals surface area contributed by atoms with E-state index in [1.54, 1.807) is 0 Å². The maximum absolute atomic E-state index is 12.2. The summed E-state index contributed by atoms with van der Waals surface area (Å²) in [5, 5.41) is 0. The van der Waals surface area contributed by atoms with Crippen molar-refractivity contribution >= 4 is 25.8 Å². The van der Waals surface area contributed by atoms with E-state index in [1.807, 2.05) is 0 Å². The van der Waals surface area contributed by atoms with Gasteiger partial charge in [-0.15, -0.1) is 0 Å². The number of ether oxygens (including phenoxy) is 1. The lowest BCUT2D eigenvalue weighted by Gasteiger charge is -2.11. The van der Waals surface area contributed by atoms with Crippen LogP contribution in [-0.2, 0) is 24.6 Å². The molecular weight excluding hydrogens is 330 g/mol. The quantitative estimate of drug-likeness (QED) is 0.762. The Labute approximate surface area is 129 Å². The van der Waals surface area contributed by atoms with Crippen molar-refractivity contribution in [2.24, 2.45) is 5.92 Å². The molecule has 1 aromatic rings. The van der Waals surface area contributed by atoms with Gasteiger partial charge in [0.25, 0.3) is 0 Å². The molecule has 0 radical (unpaired) electrons. The van der Waals surface area contributed by atoms with Crippen LogP contribution in [0.4, 0.5) is 0 Å². The van der Waals surface area contributed by atoms with Crippen LogP contribution < -0.4 is 4.72 Å². The Bertz CT molecular complexity index is 769. The zero-order valence-electron chi connectivity index (χ0n) is 12.0. The number of hydrogen-bond donors (Lipinski definition) is 1. The van der Waals surface area contributed by atoms with Crippen LogP contribution in [0.2, 0.25) is 0 Å². The van der Waals surface area contributed by atoms with E-state index in [-0.39, 0.29) is 34.4 Å². The Kier molecular flexibility index (Phi) is 4.88. The number of benzene rings is 1. The minimum absolute atomic E-state index is 0.00226. The highest BCUT2D eigenvalue weighted by Gasteiger charge is 2.29. The fraction of sp³-hybridized carbons (Fsp3) is 0.462. The highest BCUT2D eigenvalue weighted by atomic mass is 32.2. The Morgan fingerprint density at radius 1 is 1.41 bits per heavy atom. The first-order chi connectivity index (χ1) is 10.2. The lowest BCUT2D eigenvalue weighted by molar-refractivity contribution is 0.0600. The number of esters is 1. The van der Waals surface area contributed by atoms with Gasteiger partial charge in [0.1, 0.15) is 0 Å². The monoisotopic (exact) mass is 347 g/mol. The molecule has 2 rings (SSSR count). The van der Waals surface area contributed by atoms with E-state index in [2.05, 4.69) is 9.46 Å². The van der Waals surface area contributed by atoms with Gasteiger partial charge in [0.2, 0.25) is 10.0 Å². The fourth-order valence-corrected chi connectivity index (χ4v) is 5.28. The van der Waals surface area contributed by atoms with E-state index in [9.17, 15) is 21.6 Å². The third-order valence-corrected chi connectivity index (χ3v) is 6.71. The third-order valence-electron chi connectivity index (χ3n) is 3.45. The summed E-state index contributed by atoms with van der Waals surface area (Å²) in [5.74, 6) is -0.753. The van der Waals surface area contributed by atoms with Crippen molar-refractivity contribution in [2.75, 3.05) is 25.2 Å². The van der Waals surface area contributed by atoms with Gasteiger partial charge >= 0.3 is 5.97 Å². The summed E-state index contributed by atoms with van der Waals surface area (Å²) in [5.41, 5.74) is 0.133. The third kappa shape index (κ3) is 4.05. The van der Waals surface area contributed by atoms with Crippen molar-refractivity contribution in [3.8, 4) is 0 Å². The van der Waals surface area contributed by atoms with Gasteiger partial charge < -0.3 is 4.74 Å². The van der Waals surface area contributed by atoms with Gasteiger partial charge in [-0.3, -0.25) is 0 Å². The molecule has 0 aromatic heterocycles. The van der Waals surface area contributed by atoms with Crippen LogP contribution in [-0.4, -0.2) is 48.0 Å². The van der Waals surface area contributed by atoms with Crippen LogP contribution in [0.3, 0.4) is 0 Å². The van der Waals surface area contributed by atoms with Crippen LogP contribution in [0.15, 0.2) is 29.2 Å². The molecule has 0 aliphatic carbocycles. The van der Waals surface area contributed by atoms with E-state index in [4.69, 9.17) is 0 Å². The molecule has 1 saturated heterocycles. The number of carbonyl (C=O) groups excluding carboxylic acids is 1. The second kappa shape index (κ2) is 6.35. The van der Waals surface area contributed by atoms with Crippen molar-refractivity contribution < 1.29 is 26.4 Å². The summed E-state index contributed by atoms with van der Waals surface area (Å²) in [6, 6.07) is 5.48. The van der Waals surface area contributed by atoms with Gasteiger partial charge in [0.15, 0.2) is 9.84 Å². The van der Waals surface area contributed by atoms with Crippen LogP contribution in [0.1, 0.15) is 16.8 Å². The molecule has 0 unspecified atom stereocenters.